The molecule has 7 nitrogen and oxygen atoms in total. The number of anilines is 1. The molecule has 7 heteroatoms. The Balaban J connectivity index is 1.37. The van der Waals surface area contributed by atoms with Gasteiger partial charge in [0, 0.05) is 5.69 Å². The molecule has 1 aliphatic rings. The molecule has 0 unspecified atom stereocenters. The van der Waals surface area contributed by atoms with Crippen molar-refractivity contribution in [1.29, 1.82) is 0 Å². The largest absolute Gasteiger partial charge is 0.451 e. The zero-order chi connectivity index (χ0) is 21.3. The fourth-order valence-corrected chi connectivity index (χ4v) is 3.31. The molecule has 0 bridgehead atoms. The molecule has 1 atom stereocenters. The van der Waals surface area contributed by atoms with Crippen LogP contribution in [0.2, 0.25) is 0 Å². The summed E-state index contributed by atoms with van der Waals surface area (Å²) in [4.78, 5) is 50.1. The second-order valence-corrected chi connectivity index (χ2v) is 6.93. The molecule has 0 saturated carbocycles. The molecule has 0 radical (unpaired) electrons. The number of hydrogen-bond acceptors (Lipinski definition) is 5. The maximum Gasteiger partial charge on any atom is 0.326 e. The summed E-state index contributed by atoms with van der Waals surface area (Å²) in [6.07, 6.45) is -1.10. The number of hydrogen-bond donors (Lipinski definition) is 1. The summed E-state index contributed by atoms with van der Waals surface area (Å²) < 4.78 is 5.13. The highest BCUT2D eigenvalue weighted by Gasteiger charge is 2.37. The van der Waals surface area contributed by atoms with Crippen LogP contribution in [0.15, 0.2) is 66.7 Å². The number of carbonyl (C=O) groups is 4. The van der Waals surface area contributed by atoms with E-state index in [9.17, 15) is 19.2 Å². The lowest BCUT2D eigenvalue weighted by Gasteiger charge is -2.17. The van der Waals surface area contributed by atoms with Gasteiger partial charge in [-0.1, -0.05) is 42.5 Å². The molecule has 3 aromatic carbocycles. The lowest BCUT2D eigenvalue weighted by molar-refractivity contribution is -0.153. The second kappa shape index (κ2) is 7.79. The van der Waals surface area contributed by atoms with Crippen LogP contribution >= 0.6 is 0 Å². The van der Waals surface area contributed by atoms with Crippen molar-refractivity contribution < 1.29 is 23.9 Å². The normalized spacial score (nSPS) is 13.8. The minimum Gasteiger partial charge on any atom is -0.451 e. The third-order valence-corrected chi connectivity index (χ3v) is 4.86. The SMILES string of the molecule is C[C@H](OC(=O)CN1C(=O)c2ccccc2C1=O)C(=O)Nc1ccc2ccccc2c1. The van der Waals surface area contributed by atoms with Crippen LogP contribution in [0.1, 0.15) is 27.6 Å². The minimum absolute atomic E-state index is 0.248. The molecule has 0 saturated heterocycles. The predicted molar refractivity (Wildman–Crippen MR) is 110 cm³/mol. The van der Waals surface area contributed by atoms with Crippen LogP contribution in [-0.2, 0) is 14.3 Å². The Hall–Kier alpha value is -4.00. The molecule has 1 N–H and O–H groups in total. The molecule has 3 aromatic rings. The number of imide groups is 1. The van der Waals surface area contributed by atoms with Crippen LogP contribution in [0.5, 0.6) is 0 Å². The Morgan fingerprint density at radius 1 is 0.900 bits per heavy atom. The van der Waals surface area contributed by atoms with E-state index in [0.717, 1.165) is 15.7 Å². The van der Waals surface area contributed by atoms with E-state index >= 15 is 0 Å². The molecule has 3 amide bonds. The van der Waals surface area contributed by atoms with E-state index in [2.05, 4.69) is 5.32 Å². The molecule has 0 aromatic heterocycles. The van der Waals surface area contributed by atoms with Crippen LogP contribution in [0.4, 0.5) is 5.69 Å². The number of esters is 1. The number of benzene rings is 3. The van der Waals surface area contributed by atoms with Crippen molar-refractivity contribution in [3.8, 4) is 0 Å². The van der Waals surface area contributed by atoms with Gasteiger partial charge in [-0.3, -0.25) is 24.1 Å². The fraction of sp³-hybridized carbons (Fsp3) is 0.130. The van der Waals surface area contributed by atoms with E-state index in [4.69, 9.17) is 4.74 Å². The van der Waals surface area contributed by atoms with Crippen LogP contribution in [0, 0.1) is 0 Å². The summed E-state index contributed by atoms with van der Waals surface area (Å²) in [6, 6.07) is 19.5. The summed E-state index contributed by atoms with van der Waals surface area (Å²) in [5, 5.41) is 4.70. The Labute approximate surface area is 172 Å². The molecule has 150 valence electrons. The Morgan fingerprint density at radius 3 is 2.17 bits per heavy atom. The first-order valence-corrected chi connectivity index (χ1v) is 9.38. The molecular formula is C23H18N2O5. The van der Waals surface area contributed by atoms with Gasteiger partial charge in [0.15, 0.2) is 6.10 Å². The van der Waals surface area contributed by atoms with E-state index in [-0.39, 0.29) is 11.1 Å². The smallest absolute Gasteiger partial charge is 0.326 e. The highest BCUT2D eigenvalue weighted by Crippen LogP contribution is 2.22. The number of carbonyl (C=O) groups excluding carboxylic acids is 4. The van der Waals surface area contributed by atoms with Gasteiger partial charge < -0.3 is 10.1 Å². The molecule has 0 aliphatic carbocycles. The quantitative estimate of drug-likeness (QED) is 0.523. The van der Waals surface area contributed by atoms with Gasteiger partial charge >= 0.3 is 5.97 Å². The van der Waals surface area contributed by atoms with Gasteiger partial charge in [0.25, 0.3) is 17.7 Å². The predicted octanol–water partition coefficient (Wildman–Crippen LogP) is 3.01. The number of nitrogens with zero attached hydrogens (tertiary/aromatic N) is 1. The van der Waals surface area contributed by atoms with Crippen molar-refractivity contribution in [3.63, 3.8) is 0 Å². The van der Waals surface area contributed by atoms with Crippen molar-refractivity contribution in [2.45, 2.75) is 13.0 Å². The van der Waals surface area contributed by atoms with Gasteiger partial charge in [-0.2, -0.15) is 0 Å². The lowest BCUT2D eigenvalue weighted by Crippen LogP contribution is -2.38. The number of rotatable bonds is 5. The summed E-state index contributed by atoms with van der Waals surface area (Å²) in [6.45, 7) is 0.872. The van der Waals surface area contributed by atoms with Gasteiger partial charge in [0.1, 0.15) is 6.54 Å². The Bertz CT molecular complexity index is 1150. The zero-order valence-corrected chi connectivity index (χ0v) is 16.1. The Morgan fingerprint density at radius 2 is 1.50 bits per heavy atom. The first-order chi connectivity index (χ1) is 14.4. The van der Waals surface area contributed by atoms with Crippen LogP contribution in [0.25, 0.3) is 10.8 Å². The summed E-state index contributed by atoms with van der Waals surface area (Å²) in [7, 11) is 0. The van der Waals surface area contributed by atoms with Crippen LogP contribution in [-0.4, -0.2) is 41.2 Å². The first kappa shape index (κ1) is 19.3. The number of nitrogens with one attached hydrogen (secondary N) is 1. The topological polar surface area (TPSA) is 92.8 Å². The van der Waals surface area contributed by atoms with E-state index < -0.39 is 36.3 Å². The molecule has 0 spiro atoms. The van der Waals surface area contributed by atoms with Crippen molar-refractivity contribution in [2.24, 2.45) is 0 Å². The monoisotopic (exact) mass is 402 g/mol. The highest BCUT2D eigenvalue weighted by molar-refractivity contribution is 6.22. The van der Waals surface area contributed by atoms with Gasteiger partial charge in [-0.25, -0.2) is 0 Å². The Kier molecular flexibility index (Phi) is 5.02. The summed E-state index contributed by atoms with van der Waals surface area (Å²) >= 11 is 0. The number of amides is 3. The van der Waals surface area contributed by atoms with Crippen LogP contribution in [0.3, 0.4) is 0 Å². The zero-order valence-electron chi connectivity index (χ0n) is 16.1. The molecule has 0 fully saturated rings. The molecular weight excluding hydrogens is 384 g/mol. The maximum absolute atomic E-state index is 12.4. The maximum atomic E-state index is 12.4. The van der Waals surface area contributed by atoms with Gasteiger partial charge in [-0.15, -0.1) is 0 Å². The van der Waals surface area contributed by atoms with Crippen molar-refractivity contribution in [1.82, 2.24) is 4.90 Å². The van der Waals surface area contributed by atoms with Gasteiger partial charge in [0.2, 0.25) is 0 Å². The van der Waals surface area contributed by atoms with Crippen molar-refractivity contribution >= 4 is 40.2 Å². The summed E-state index contributed by atoms with van der Waals surface area (Å²) in [5.41, 5.74) is 1.07. The van der Waals surface area contributed by atoms with Gasteiger partial charge in [0.05, 0.1) is 11.1 Å². The van der Waals surface area contributed by atoms with Crippen molar-refractivity contribution in [2.75, 3.05) is 11.9 Å². The second-order valence-electron chi connectivity index (χ2n) is 6.93. The third-order valence-electron chi connectivity index (χ3n) is 4.86. The molecule has 1 heterocycles. The van der Waals surface area contributed by atoms with E-state index in [0.29, 0.717) is 5.69 Å². The van der Waals surface area contributed by atoms with E-state index in [1.165, 1.54) is 19.1 Å². The van der Waals surface area contributed by atoms with Gasteiger partial charge in [-0.05, 0) is 42.0 Å². The first-order valence-electron chi connectivity index (χ1n) is 9.38. The fourth-order valence-electron chi connectivity index (χ4n) is 3.31. The van der Waals surface area contributed by atoms with Crippen molar-refractivity contribution in [3.05, 3.63) is 77.9 Å². The molecule has 1 aliphatic heterocycles. The summed E-state index contributed by atoms with van der Waals surface area (Å²) in [5.74, 6) is -2.46. The minimum atomic E-state index is -1.10. The average molecular weight is 402 g/mol. The standard InChI is InChI=1S/C23H18N2O5/c1-14(21(27)24-17-11-10-15-6-2-3-7-16(15)12-17)30-20(26)13-25-22(28)18-8-4-5-9-19(18)23(25)29/h2-12,14H,13H2,1H3,(H,24,27)/t14-/m0/s1. The molecule has 30 heavy (non-hydrogen) atoms. The highest BCUT2D eigenvalue weighted by atomic mass is 16.5. The number of ether oxygens (including phenoxy) is 1. The number of fused-ring (bicyclic) bond motifs is 2. The third kappa shape index (κ3) is 3.65. The average Bonchev–Trinajstić information content (AvgIpc) is 2.98. The molecule has 4 rings (SSSR count). The van der Waals surface area contributed by atoms with E-state index in [1.807, 2.05) is 36.4 Å². The lowest BCUT2D eigenvalue weighted by atomic mass is 10.1. The van der Waals surface area contributed by atoms with E-state index in [1.54, 1.807) is 18.2 Å². The van der Waals surface area contributed by atoms with Crippen LogP contribution < -0.4 is 5.32 Å².